The first-order valence-electron chi connectivity index (χ1n) is 6.79. The molecular weight excluding hydrogens is 367 g/mol. The van der Waals surface area contributed by atoms with Gasteiger partial charge in [-0.2, -0.15) is 0 Å². The highest BCUT2D eigenvalue weighted by Gasteiger charge is 2.07. The maximum atomic E-state index is 13.5. The van der Waals surface area contributed by atoms with Crippen molar-refractivity contribution in [2.75, 3.05) is 0 Å². The first kappa shape index (κ1) is 15.3. The summed E-state index contributed by atoms with van der Waals surface area (Å²) in [6, 6.07) is 12.6. The summed E-state index contributed by atoms with van der Waals surface area (Å²) in [6.45, 7) is 0.576. The lowest BCUT2D eigenvalue weighted by Gasteiger charge is -2.09. The summed E-state index contributed by atoms with van der Waals surface area (Å²) >= 11 is 9.33. The second-order valence-electron chi connectivity index (χ2n) is 5.06. The Morgan fingerprint density at radius 1 is 1.14 bits per heavy atom. The van der Waals surface area contributed by atoms with Gasteiger partial charge in [0.25, 0.3) is 0 Å². The molecule has 0 amide bonds. The molecule has 0 bridgehead atoms. The van der Waals surface area contributed by atoms with Gasteiger partial charge in [-0.3, -0.25) is 0 Å². The van der Waals surface area contributed by atoms with E-state index in [0.29, 0.717) is 18.0 Å². The zero-order valence-corrected chi connectivity index (χ0v) is 14.0. The number of benzene rings is 2. The number of hydrogen-bond acceptors (Lipinski definition) is 1. The van der Waals surface area contributed by atoms with Crippen molar-refractivity contribution in [3.05, 3.63) is 87.1 Å². The summed E-state index contributed by atoms with van der Waals surface area (Å²) < 4.78 is 16.2. The Hall–Kier alpha value is -1.65. The minimum Gasteiger partial charge on any atom is -0.330 e. The molecular formula is C17H13BrClFN2. The van der Waals surface area contributed by atoms with Crippen molar-refractivity contribution >= 4 is 27.5 Å². The first-order chi connectivity index (χ1) is 10.6. The number of hydrogen-bond donors (Lipinski definition) is 0. The van der Waals surface area contributed by atoms with E-state index in [1.807, 2.05) is 41.1 Å². The molecule has 5 heteroatoms. The predicted molar refractivity (Wildman–Crippen MR) is 89.7 cm³/mol. The maximum absolute atomic E-state index is 13.5. The van der Waals surface area contributed by atoms with Gasteiger partial charge in [0, 0.05) is 34.9 Å². The van der Waals surface area contributed by atoms with E-state index in [-0.39, 0.29) is 5.82 Å². The SMILES string of the molecule is Fc1cc(Br)cc(Cn2ccnc2Cc2cccc(Cl)c2)c1. The molecule has 0 unspecified atom stereocenters. The summed E-state index contributed by atoms with van der Waals surface area (Å²) in [4.78, 5) is 4.40. The Labute approximate surface area is 141 Å². The fraction of sp³-hybridized carbons (Fsp3) is 0.118. The molecule has 1 aromatic heterocycles. The second-order valence-corrected chi connectivity index (χ2v) is 6.41. The van der Waals surface area contributed by atoms with Gasteiger partial charge >= 0.3 is 0 Å². The molecule has 0 saturated carbocycles. The highest BCUT2D eigenvalue weighted by atomic mass is 79.9. The largest absolute Gasteiger partial charge is 0.330 e. The van der Waals surface area contributed by atoms with E-state index in [4.69, 9.17) is 11.6 Å². The monoisotopic (exact) mass is 378 g/mol. The van der Waals surface area contributed by atoms with Crippen LogP contribution in [0.1, 0.15) is 17.0 Å². The smallest absolute Gasteiger partial charge is 0.124 e. The third-order valence-electron chi connectivity index (χ3n) is 3.33. The van der Waals surface area contributed by atoms with Crippen LogP contribution in [0, 0.1) is 5.82 Å². The van der Waals surface area contributed by atoms with Crippen LogP contribution < -0.4 is 0 Å². The average molecular weight is 380 g/mol. The van der Waals surface area contributed by atoms with Crippen molar-refractivity contribution in [3.63, 3.8) is 0 Å². The fourth-order valence-electron chi connectivity index (χ4n) is 2.38. The molecule has 1 heterocycles. The molecule has 0 fully saturated rings. The van der Waals surface area contributed by atoms with Crippen molar-refractivity contribution in [2.24, 2.45) is 0 Å². The Morgan fingerprint density at radius 3 is 2.77 bits per heavy atom. The third kappa shape index (κ3) is 3.76. The van der Waals surface area contributed by atoms with Crippen LogP contribution >= 0.6 is 27.5 Å². The van der Waals surface area contributed by atoms with Gasteiger partial charge in [0.05, 0.1) is 0 Å². The molecule has 112 valence electrons. The molecule has 3 rings (SSSR count). The number of aromatic nitrogens is 2. The number of halogens is 3. The molecule has 22 heavy (non-hydrogen) atoms. The van der Waals surface area contributed by atoms with Gasteiger partial charge in [0.2, 0.25) is 0 Å². The highest BCUT2D eigenvalue weighted by molar-refractivity contribution is 9.10. The average Bonchev–Trinajstić information content (AvgIpc) is 2.85. The molecule has 0 N–H and O–H groups in total. The van der Waals surface area contributed by atoms with Crippen molar-refractivity contribution in [1.29, 1.82) is 0 Å². The molecule has 0 aliphatic rings. The first-order valence-corrected chi connectivity index (χ1v) is 7.97. The summed E-state index contributed by atoms with van der Waals surface area (Å²) in [6.07, 6.45) is 4.34. The molecule has 0 aliphatic heterocycles. The lowest BCUT2D eigenvalue weighted by atomic mass is 10.1. The van der Waals surface area contributed by atoms with Crippen LogP contribution in [0.2, 0.25) is 5.02 Å². The van der Waals surface area contributed by atoms with Crippen molar-refractivity contribution in [1.82, 2.24) is 9.55 Å². The maximum Gasteiger partial charge on any atom is 0.124 e. The lowest BCUT2D eigenvalue weighted by molar-refractivity contribution is 0.621. The fourth-order valence-corrected chi connectivity index (χ4v) is 3.11. The molecule has 0 aliphatic carbocycles. The van der Waals surface area contributed by atoms with E-state index in [1.165, 1.54) is 12.1 Å². The van der Waals surface area contributed by atoms with Gasteiger partial charge in [0.1, 0.15) is 11.6 Å². The van der Waals surface area contributed by atoms with E-state index in [1.54, 1.807) is 6.20 Å². The predicted octanol–water partition coefficient (Wildman–Crippen LogP) is 5.08. The van der Waals surface area contributed by atoms with Crippen molar-refractivity contribution < 1.29 is 4.39 Å². The molecule has 3 aromatic rings. The van der Waals surface area contributed by atoms with E-state index in [9.17, 15) is 4.39 Å². The topological polar surface area (TPSA) is 17.8 Å². The minimum atomic E-state index is -0.249. The quantitative estimate of drug-likeness (QED) is 0.618. The highest BCUT2D eigenvalue weighted by Crippen LogP contribution is 2.18. The minimum absolute atomic E-state index is 0.249. The van der Waals surface area contributed by atoms with Gasteiger partial charge in [-0.1, -0.05) is 39.7 Å². The number of imidazole rings is 1. The van der Waals surface area contributed by atoms with Crippen molar-refractivity contribution in [3.8, 4) is 0 Å². The Morgan fingerprint density at radius 2 is 2.00 bits per heavy atom. The molecule has 0 atom stereocenters. The van der Waals surface area contributed by atoms with Crippen LogP contribution in [0.25, 0.3) is 0 Å². The van der Waals surface area contributed by atoms with Gasteiger partial charge in [-0.05, 0) is 41.5 Å². The molecule has 0 saturated heterocycles. The summed E-state index contributed by atoms with van der Waals surface area (Å²) in [5, 5.41) is 0.713. The normalized spacial score (nSPS) is 10.9. The van der Waals surface area contributed by atoms with E-state index in [0.717, 1.165) is 21.4 Å². The standard InChI is InChI=1S/C17H13BrClFN2/c18-14-6-13(8-16(20)10-14)11-22-5-4-21-17(22)9-12-2-1-3-15(19)7-12/h1-8,10H,9,11H2. The molecule has 2 nitrogen and oxygen atoms in total. The van der Waals surface area contributed by atoms with Gasteiger partial charge < -0.3 is 4.57 Å². The number of rotatable bonds is 4. The van der Waals surface area contributed by atoms with Crippen LogP contribution in [0.3, 0.4) is 0 Å². The summed E-state index contributed by atoms with van der Waals surface area (Å²) in [7, 11) is 0. The van der Waals surface area contributed by atoms with Crippen LogP contribution in [0.4, 0.5) is 4.39 Å². The van der Waals surface area contributed by atoms with E-state index in [2.05, 4.69) is 20.9 Å². The lowest BCUT2D eigenvalue weighted by Crippen LogP contribution is -2.05. The van der Waals surface area contributed by atoms with Gasteiger partial charge in [0.15, 0.2) is 0 Å². The summed E-state index contributed by atoms with van der Waals surface area (Å²) in [5.41, 5.74) is 1.98. The van der Waals surface area contributed by atoms with Crippen LogP contribution in [-0.4, -0.2) is 9.55 Å². The van der Waals surface area contributed by atoms with Crippen molar-refractivity contribution in [2.45, 2.75) is 13.0 Å². The zero-order chi connectivity index (χ0) is 15.5. The third-order valence-corrected chi connectivity index (χ3v) is 4.02. The van der Waals surface area contributed by atoms with Gasteiger partial charge in [-0.15, -0.1) is 0 Å². The Bertz CT molecular complexity index is 781. The van der Waals surface area contributed by atoms with E-state index >= 15 is 0 Å². The second kappa shape index (κ2) is 6.63. The van der Waals surface area contributed by atoms with Crippen LogP contribution in [0.15, 0.2) is 59.3 Å². The van der Waals surface area contributed by atoms with Gasteiger partial charge in [-0.25, -0.2) is 9.37 Å². The molecule has 0 spiro atoms. The van der Waals surface area contributed by atoms with Crippen LogP contribution in [0.5, 0.6) is 0 Å². The number of nitrogens with zero attached hydrogens (tertiary/aromatic N) is 2. The zero-order valence-electron chi connectivity index (χ0n) is 11.6. The molecule has 0 radical (unpaired) electrons. The van der Waals surface area contributed by atoms with E-state index < -0.39 is 0 Å². The summed E-state index contributed by atoms with van der Waals surface area (Å²) in [5.74, 6) is 0.670. The Kier molecular flexibility index (Phi) is 4.60. The van der Waals surface area contributed by atoms with Crippen LogP contribution in [-0.2, 0) is 13.0 Å². The molecule has 2 aromatic carbocycles. The Balaban J connectivity index is 1.83.